The van der Waals surface area contributed by atoms with E-state index in [1.807, 2.05) is 24.4 Å². The van der Waals surface area contributed by atoms with Gasteiger partial charge in [0, 0.05) is 24.4 Å². The first-order chi connectivity index (χ1) is 9.91. The van der Waals surface area contributed by atoms with Crippen molar-refractivity contribution in [3.63, 3.8) is 0 Å². The number of anilines is 1. The van der Waals surface area contributed by atoms with Crippen molar-refractivity contribution < 1.29 is 13.6 Å². The lowest BCUT2D eigenvalue weighted by atomic mass is 10.1. The summed E-state index contributed by atoms with van der Waals surface area (Å²) in [6.45, 7) is 1.83. The van der Waals surface area contributed by atoms with Gasteiger partial charge < -0.3 is 10.6 Å². The number of likely N-dealkylation sites (N-methyl/N-ethyl adjacent to an activating group) is 1. The maximum Gasteiger partial charge on any atom is 0.259 e. The van der Waals surface area contributed by atoms with Crippen molar-refractivity contribution in [1.82, 2.24) is 4.90 Å². The summed E-state index contributed by atoms with van der Waals surface area (Å²) in [7, 11) is 1.53. The molecule has 0 spiro atoms. The van der Waals surface area contributed by atoms with Crippen LogP contribution >= 0.6 is 11.3 Å². The zero-order valence-corrected chi connectivity index (χ0v) is 12.6. The van der Waals surface area contributed by atoms with Gasteiger partial charge in [-0.2, -0.15) is 0 Å². The summed E-state index contributed by atoms with van der Waals surface area (Å²) in [6.07, 6.45) is 0.630. The van der Waals surface area contributed by atoms with Crippen molar-refractivity contribution in [1.29, 1.82) is 0 Å². The molecule has 1 unspecified atom stereocenters. The Morgan fingerprint density at radius 3 is 2.71 bits per heavy atom. The molecule has 2 rings (SSSR count). The number of halogens is 2. The average molecular weight is 310 g/mol. The molecule has 1 aromatic heterocycles. The summed E-state index contributed by atoms with van der Waals surface area (Å²) >= 11 is 1.58. The van der Waals surface area contributed by atoms with Gasteiger partial charge in [0.15, 0.2) is 5.82 Å². The van der Waals surface area contributed by atoms with Crippen LogP contribution in [-0.4, -0.2) is 23.9 Å². The van der Waals surface area contributed by atoms with Gasteiger partial charge in [-0.15, -0.1) is 11.3 Å². The molecule has 21 heavy (non-hydrogen) atoms. The monoisotopic (exact) mass is 310 g/mol. The first kappa shape index (κ1) is 15.4. The average Bonchev–Trinajstić information content (AvgIpc) is 2.95. The lowest BCUT2D eigenvalue weighted by Gasteiger charge is -2.25. The molecule has 0 radical (unpaired) electrons. The molecule has 1 aromatic carbocycles. The van der Waals surface area contributed by atoms with Gasteiger partial charge in [0.05, 0.1) is 5.69 Å². The third-order valence-corrected chi connectivity index (χ3v) is 4.29. The van der Waals surface area contributed by atoms with Crippen molar-refractivity contribution >= 4 is 22.9 Å². The minimum atomic E-state index is -1.00. The topological polar surface area (TPSA) is 46.3 Å². The number of amides is 1. The van der Waals surface area contributed by atoms with E-state index in [-0.39, 0.29) is 11.7 Å². The summed E-state index contributed by atoms with van der Waals surface area (Å²) in [5, 5.41) is 1.95. The Kier molecular flexibility index (Phi) is 4.57. The van der Waals surface area contributed by atoms with Gasteiger partial charge in [0.2, 0.25) is 0 Å². The van der Waals surface area contributed by atoms with Gasteiger partial charge in [0.1, 0.15) is 11.4 Å². The number of rotatable bonds is 4. The van der Waals surface area contributed by atoms with Crippen LogP contribution in [0.25, 0.3) is 0 Å². The second kappa shape index (κ2) is 6.22. The molecule has 0 bridgehead atoms. The molecule has 0 saturated carbocycles. The van der Waals surface area contributed by atoms with Crippen molar-refractivity contribution in [2.75, 3.05) is 12.8 Å². The molecule has 3 nitrogen and oxygen atoms in total. The van der Waals surface area contributed by atoms with E-state index in [9.17, 15) is 13.6 Å². The van der Waals surface area contributed by atoms with Crippen molar-refractivity contribution in [3.8, 4) is 0 Å². The summed E-state index contributed by atoms with van der Waals surface area (Å²) in [5.74, 6) is -2.61. The number of nitrogens with zero attached hydrogens (tertiary/aromatic N) is 1. The van der Waals surface area contributed by atoms with Gasteiger partial charge in [-0.1, -0.05) is 6.07 Å². The highest BCUT2D eigenvalue weighted by molar-refractivity contribution is 7.09. The number of thiophene rings is 1. The minimum Gasteiger partial charge on any atom is -0.396 e. The highest BCUT2D eigenvalue weighted by Crippen LogP contribution is 2.22. The normalized spacial score (nSPS) is 12.2. The standard InChI is InChI=1S/C15H16F2N2OS/c1-9(8-10-4-3-7-21-10)19(2)15(20)13-11(16)5-6-12(18)14(13)17/h3-7,9H,8,18H2,1-2H3. The molecule has 1 atom stereocenters. The van der Waals surface area contributed by atoms with E-state index in [1.54, 1.807) is 11.3 Å². The highest BCUT2D eigenvalue weighted by Gasteiger charge is 2.25. The number of carbonyl (C=O) groups excluding carboxylic acids is 1. The molecule has 0 saturated heterocycles. The van der Waals surface area contributed by atoms with E-state index in [1.165, 1.54) is 11.9 Å². The molecular formula is C15H16F2N2OS. The SMILES string of the molecule is CC(Cc1cccs1)N(C)C(=O)c1c(F)ccc(N)c1F. The molecule has 2 aromatic rings. The third-order valence-electron chi connectivity index (χ3n) is 3.39. The Bertz CT molecular complexity index is 643. The van der Waals surface area contributed by atoms with E-state index in [4.69, 9.17) is 5.73 Å². The van der Waals surface area contributed by atoms with Gasteiger partial charge >= 0.3 is 0 Å². The number of carbonyl (C=O) groups is 1. The molecule has 1 amide bonds. The van der Waals surface area contributed by atoms with Gasteiger partial charge in [0.25, 0.3) is 5.91 Å². The van der Waals surface area contributed by atoms with E-state index < -0.39 is 23.1 Å². The van der Waals surface area contributed by atoms with Gasteiger partial charge in [-0.3, -0.25) is 4.79 Å². The summed E-state index contributed by atoms with van der Waals surface area (Å²) < 4.78 is 27.6. The van der Waals surface area contributed by atoms with Gasteiger partial charge in [-0.05, 0) is 30.5 Å². The molecular weight excluding hydrogens is 294 g/mol. The maximum atomic E-state index is 13.9. The molecule has 0 aliphatic rings. The maximum absolute atomic E-state index is 13.9. The number of nitrogen functional groups attached to an aromatic ring is 1. The molecule has 0 aliphatic carbocycles. The van der Waals surface area contributed by atoms with Crippen molar-refractivity contribution in [2.24, 2.45) is 0 Å². The van der Waals surface area contributed by atoms with Crippen LogP contribution < -0.4 is 5.73 Å². The molecule has 6 heteroatoms. The summed E-state index contributed by atoms with van der Waals surface area (Å²) in [5.41, 5.74) is 4.56. The third kappa shape index (κ3) is 3.21. The highest BCUT2D eigenvalue weighted by atomic mass is 32.1. The van der Waals surface area contributed by atoms with E-state index in [0.29, 0.717) is 6.42 Å². The zero-order chi connectivity index (χ0) is 15.6. The second-order valence-electron chi connectivity index (χ2n) is 4.87. The van der Waals surface area contributed by atoms with Crippen LogP contribution in [0.1, 0.15) is 22.2 Å². The van der Waals surface area contributed by atoms with E-state index >= 15 is 0 Å². The molecule has 0 fully saturated rings. The zero-order valence-electron chi connectivity index (χ0n) is 11.8. The van der Waals surface area contributed by atoms with Crippen LogP contribution in [0.5, 0.6) is 0 Å². The number of nitrogens with two attached hydrogens (primary N) is 1. The quantitative estimate of drug-likeness (QED) is 0.881. The van der Waals surface area contributed by atoms with Crippen LogP contribution in [0.4, 0.5) is 14.5 Å². The Morgan fingerprint density at radius 2 is 2.10 bits per heavy atom. The van der Waals surface area contributed by atoms with Crippen LogP contribution in [0, 0.1) is 11.6 Å². The number of hydrogen-bond donors (Lipinski definition) is 1. The Hall–Kier alpha value is -1.95. The number of benzene rings is 1. The lowest BCUT2D eigenvalue weighted by Crippen LogP contribution is -2.37. The fourth-order valence-electron chi connectivity index (χ4n) is 2.00. The fourth-order valence-corrected chi connectivity index (χ4v) is 2.82. The van der Waals surface area contributed by atoms with Gasteiger partial charge in [-0.25, -0.2) is 8.78 Å². The second-order valence-corrected chi connectivity index (χ2v) is 5.91. The predicted molar refractivity (Wildman–Crippen MR) is 80.3 cm³/mol. The largest absolute Gasteiger partial charge is 0.396 e. The number of hydrogen-bond acceptors (Lipinski definition) is 3. The first-order valence-electron chi connectivity index (χ1n) is 6.44. The van der Waals surface area contributed by atoms with Crippen LogP contribution in [-0.2, 0) is 6.42 Å². The van der Waals surface area contributed by atoms with E-state index in [0.717, 1.165) is 17.0 Å². The Morgan fingerprint density at radius 1 is 1.38 bits per heavy atom. The van der Waals surface area contributed by atoms with Crippen LogP contribution in [0.15, 0.2) is 29.6 Å². The summed E-state index contributed by atoms with van der Waals surface area (Å²) in [4.78, 5) is 14.7. The fraction of sp³-hybridized carbons (Fsp3) is 0.267. The molecule has 112 valence electrons. The first-order valence-corrected chi connectivity index (χ1v) is 7.32. The minimum absolute atomic E-state index is 0.184. The lowest BCUT2D eigenvalue weighted by molar-refractivity contribution is 0.0734. The van der Waals surface area contributed by atoms with Crippen LogP contribution in [0.2, 0.25) is 0 Å². The molecule has 1 heterocycles. The molecule has 2 N–H and O–H groups in total. The summed E-state index contributed by atoms with van der Waals surface area (Å²) in [6, 6.07) is 5.81. The van der Waals surface area contributed by atoms with Crippen LogP contribution in [0.3, 0.4) is 0 Å². The van der Waals surface area contributed by atoms with E-state index in [2.05, 4.69) is 0 Å². The molecule has 0 aliphatic heterocycles. The predicted octanol–water partition coefficient (Wildman–Crippen LogP) is 3.31. The Balaban J connectivity index is 2.21. The van der Waals surface area contributed by atoms with Crippen molar-refractivity contribution in [2.45, 2.75) is 19.4 Å². The Labute approximate surface area is 126 Å². The smallest absolute Gasteiger partial charge is 0.259 e. The van der Waals surface area contributed by atoms with Crippen molar-refractivity contribution in [3.05, 3.63) is 51.7 Å².